The molecule has 0 unspecified atom stereocenters. The molecule has 116 valence electrons. The molecule has 2 heterocycles. The van der Waals surface area contributed by atoms with Gasteiger partial charge in [0.15, 0.2) is 0 Å². The maximum atomic E-state index is 12.4. The Bertz CT molecular complexity index is 509. The Morgan fingerprint density at radius 1 is 1.48 bits per heavy atom. The average molecular weight is 311 g/mol. The van der Waals surface area contributed by atoms with E-state index in [2.05, 4.69) is 16.9 Å². The van der Waals surface area contributed by atoms with Crippen LogP contribution in [0.25, 0.3) is 0 Å². The lowest BCUT2D eigenvalue weighted by Gasteiger charge is -2.34. The molecule has 0 atom stereocenters. The van der Waals surface area contributed by atoms with E-state index in [1.807, 2.05) is 7.05 Å². The van der Waals surface area contributed by atoms with Crippen molar-refractivity contribution in [3.63, 3.8) is 0 Å². The SMILES string of the molecule is CCOC(=O)c1nc(C(=O)N(C)C2CCN(C)CC2)cs1. The molecule has 0 aromatic carbocycles. The maximum Gasteiger partial charge on any atom is 0.367 e. The molecule has 0 bridgehead atoms. The number of rotatable bonds is 4. The molecule has 0 saturated carbocycles. The van der Waals surface area contributed by atoms with Gasteiger partial charge in [-0.3, -0.25) is 4.79 Å². The summed E-state index contributed by atoms with van der Waals surface area (Å²) >= 11 is 1.15. The summed E-state index contributed by atoms with van der Waals surface area (Å²) < 4.78 is 4.89. The molecule has 2 rings (SSSR count). The maximum absolute atomic E-state index is 12.4. The molecule has 21 heavy (non-hydrogen) atoms. The number of esters is 1. The van der Waals surface area contributed by atoms with Gasteiger partial charge in [0, 0.05) is 18.5 Å². The average Bonchev–Trinajstić information content (AvgIpc) is 2.96. The molecule has 0 radical (unpaired) electrons. The van der Waals surface area contributed by atoms with E-state index in [9.17, 15) is 9.59 Å². The largest absolute Gasteiger partial charge is 0.461 e. The van der Waals surface area contributed by atoms with Crippen LogP contribution in [0.15, 0.2) is 5.38 Å². The number of carbonyl (C=O) groups is 2. The first-order valence-corrected chi connectivity index (χ1v) is 7.99. The molecule has 1 amide bonds. The Kier molecular flexibility index (Phi) is 5.30. The molecular formula is C14H21N3O3S. The smallest absolute Gasteiger partial charge is 0.367 e. The Hall–Kier alpha value is -1.47. The molecule has 1 aliphatic heterocycles. The molecule has 1 fully saturated rings. The van der Waals surface area contributed by atoms with E-state index >= 15 is 0 Å². The first-order valence-electron chi connectivity index (χ1n) is 7.11. The van der Waals surface area contributed by atoms with E-state index in [4.69, 9.17) is 4.74 Å². The van der Waals surface area contributed by atoms with Crippen molar-refractivity contribution in [3.05, 3.63) is 16.1 Å². The highest BCUT2D eigenvalue weighted by Gasteiger charge is 2.26. The first kappa shape index (κ1) is 15.9. The summed E-state index contributed by atoms with van der Waals surface area (Å²) in [6.45, 7) is 4.03. The third kappa shape index (κ3) is 3.79. The van der Waals surface area contributed by atoms with Gasteiger partial charge in [0.05, 0.1) is 6.61 Å². The van der Waals surface area contributed by atoms with Gasteiger partial charge in [0.2, 0.25) is 5.01 Å². The van der Waals surface area contributed by atoms with Crippen molar-refractivity contribution >= 4 is 23.2 Å². The molecule has 7 heteroatoms. The Morgan fingerprint density at radius 2 is 2.14 bits per heavy atom. The number of likely N-dealkylation sites (tertiary alicyclic amines) is 1. The highest BCUT2D eigenvalue weighted by atomic mass is 32.1. The fourth-order valence-electron chi connectivity index (χ4n) is 2.39. The summed E-state index contributed by atoms with van der Waals surface area (Å²) in [6.07, 6.45) is 1.93. The summed E-state index contributed by atoms with van der Waals surface area (Å²) in [4.78, 5) is 32.1. The van der Waals surface area contributed by atoms with E-state index in [1.165, 1.54) is 0 Å². The van der Waals surface area contributed by atoms with Gasteiger partial charge in [-0.1, -0.05) is 0 Å². The van der Waals surface area contributed by atoms with Gasteiger partial charge in [-0.05, 0) is 39.9 Å². The monoisotopic (exact) mass is 311 g/mol. The van der Waals surface area contributed by atoms with E-state index in [0.717, 1.165) is 37.3 Å². The zero-order valence-corrected chi connectivity index (χ0v) is 13.5. The highest BCUT2D eigenvalue weighted by Crippen LogP contribution is 2.18. The van der Waals surface area contributed by atoms with Crippen LogP contribution in [0.3, 0.4) is 0 Å². The molecule has 0 spiro atoms. The van der Waals surface area contributed by atoms with Crippen molar-refractivity contribution in [3.8, 4) is 0 Å². The van der Waals surface area contributed by atoms with E-state index < -0.39 is 5.97 Å². The van der Waals surface area contributed by atoms with Crippen LogP contribution in [-0.4, -0.2) is 66.5 Å². The van der Waals surface area contributed by atoms with E-state index in [0.29, 0.717) is 12.3 Å². The second kappa shape index (κ2) is 7.00. The summed E-state index contributed by atoms with van der Waals surface area (Å²) in [5.41, 5.74) is 0.324. The molecule has 1 aromatic rings. The van der Waals surface area contributed by atoms with Gasteiger partial charge in [-0.15, -0.1) is 11.3 Å². The van der Waals surface area contributed by atoms with Crippen molar-refractivity contribution in [2.45, 2.75) is 25.8 Å². The van der Waals surface area contributed by atoms with Gasteiger partial charge in [0.25, 0.3) is 5.91 Å². The Balaban J connectivity index is 2.01. The molecule has 0 N–H and O–H groups in total. The van der Waals surface area contributed by atoms with Crippen molar-refractivity contribution in [1.82, 2.24) is 14.8 Å². The summed E-state index contributed by atoms with van der Waals surface area (Å²) in [5.74, 6) is -0.597. The third-order valence-electron chi connectivity index (χ3n) is 3.73. The quantitative estimate of drug-likeness (QED) is 0.788. The van der Waals surface area contributed by atoms with E-state index in [1.54, 1.807) is 17.2 Å². The molecule has 6 nitrogen and oxygen atoms in total. The normalized spacial score (nSPS) is 16.7. The highest BCUT2D eigenvalue weighted by molar-refractivity contribution is 7.11. The minimum atomic E-state index is -0.469. The fraction of sp³-hybridized carbons (Fsp3) is 0.643. The summed E-state index contributed by atoms with van der Waals surface area (Å²) in [7, 11) is 3.89. The number of piperidine rings is 1. The Morgan fingerprint density at radius 3 is 2.76 bits per heavy atom. The number of nitrogens with zero attached hydrogens (tertiary/aromatic N) is 3. The van der Waals surface area contributed by atoms with Crippen molar-refractivity contribution < 1.29 is 14.3 Å². The van der Waals surface area contributed by atoms with Gasteiger partial charge in [-0.25, -0.2) is 9.78 Å². The molecule has 1 saturated heterocycles. The lowest BCUT2D eigenvalue weighted by Crippen LogP contribution is -2.44. The minimum Gasteiger partial charge on any atom is -0.461 e. The fourth-order valence-corrected chi connectivity index (χ4v) is 3.07. The third-order valence-corrected chi connectivity index (χ3v) is 4.55. The first-order chi connectivity index (χ1) is 10.0. The lowest BCUT2D eigenvalue weighted by atomic mass is 10.0. The number of ether oxygens (including phenoxy) is 1. The zero-order valence-electron chi connectivity index (χ0n) is 12.7. The van der Waals surface area contributed by atoms with Crippen molar-refractivity contribution in [2.24, 2.45) is 0 Å². The molecular weight excluding hydrogens is 290 g/mol. The minimum absolute atomic E-state index is 0.128. The summed E-state index contributed by atoms with van der Waals surface area (Å²) in [5, 5.41) is 1.86. The van der Waals surface area contributed by atoms with Crippen LogP contribution < -0.4 is 0 Å². The van der Waals surface area contributed by atoms with Gasteiger partial charge < -0.3 is 14.5 Å². The molecule has 1 aromatic heterocycles. The molecule has 1 aliphatic rings. The second-order valence-corrected chi connectivity index (χ2v) is 6.07. The lowest BCUT2D eigenvalue weighted by molar-refractivity contribution is 0.0525. The second-order valence-electron chi connectivity index (χ2n) is 5.21. The van der Waals surface area contributed by atoms with Crippen molar-refractivity contribution in [1.29, 1.82) is 0 Å². The molecule has 0 aliphatic carbocycles. The number of thiazole rings is 1. The number of amides is 1. The van der Waals surface area contributed by atoms with E-state index in [-0.39, 0.29) is 17.0 Å². The Labute approximate surface area is 128 Å². The van der Waals surface area contributed by atoms with Crippen LogP contribution in [0, 0.1) is 0 Å². The number of hydrogen-bond acceptors (Lipinski definition) is 6. The standard InChI is InChI=1S/C14H21N3O3S/c1-4-20-14(19)12-15-11(9-21-12)13(18)17(3)10-5-7-16(2)8-6-10/h9-10H,4-8H2,1-3H3. The van der Waals surface area contributed by atoms with Crippen LogP contribution in [0.1, 0.15) is 40.1 Å². The topological polar surface area (TPSA) is 62.7 Å². The number of aromatic nitrogens is 1. The van der Waals surface area contributed by atoms with Crippen LogP contribution in [0.5, 0.6) is 0 Å². The van der Waals surface area contributed by atoms with Gasteiger partial charge >= 0.3 is 5.97 Å². The van der Waals surface area contributed by atoms with Crippen molar-refractivity contribution in [2.75, 3.05) is 33.8 Å². The van der Waals surface area contributed by atoms with Crippen LogP contribution in [0.4, 0.5) is 0 Å². The van der Waals surface area contributed by atoms with Crippen LogP contribution >= 0.6 is 11.3 Å². The predicted octanol–water partition coefficient (Wildman–Crippen LogP) is 1.49. The number of hydrogen-bond donors (Lipinski definition) is 0. The van der Waals surface area contributed by atoms with Gasteiger partial charge in [0.1, 0.15) is 5.69 Å². The summed E-state index contributed by atoms with van der Waals surface area (Å²) in [6, 6.07) is 0.237. The number of carbonyl (C=O) groups excluding carboxylic acids is 2. The predicted molar refractivity (Wildman–Crippen MR) is 80.7 cm³/mol. The van der Waals surface area contributed by atoms with Crippen LogP contribution in [-0.2, 0) is 4.74 Å². The van der Waals surface area contributed by atoms with Crippen LogP contribution in [0.2, 0.25) is 0 Å². The zero-order chi connectivity index (χ0) is 15.4. The van der Waals surface area contributed by atoms with Gasteiger partial charge in [-0.2, -0.15) is 0 Å².